The van der Waals surface area contributed by atoms with Gasteiger partial charge in [-0.2, -0.15) is 5.26 Å². The summed E-state index contributed by atoms with van der Waals surface area (Å²) in [6.45, 7) is 1.94. The van der Waals surface area contributed by atoms with Crippen molar-refractivity contribution in [2.45, 2.75) is 37.9 Å². The third-order valence-corrected chi connectivity index (χ3v) is 4.47. The molecule has 0 aromatic heterocycles. The molecule has 1 atom stereocenters. The van der Waals surface area contributed by atoms with E-state index in [2.05, 4.69) is 4.72 Å². The van der Waals surface area contributed by atoms with Gasteiger partial charge in [0.15, 0.2) is 0 Å². The molecule has 1 fully saturated rings. The van der Waals surface area contributed by atoms with Crippen molar-refractivity contribution < 1.29 is 8.42 Å². The van der Waals surface area contributed by atoms with Crippen molar-refractivity contribution >= 4 is 10.0 Å². The molecular formula is C9H16N2O2S. The van der Waals surface area contributed by atoms with E-state index in [4.69, 9.17) is 5.26 Å². The summed E-state index contributed by atoms with van der Waals surface area (Å²) >= 11 is 0. The highest BCUT2D eigenvalue weighted by Crippen LogP contribution is 2.23. The summed E-state index contributed by atoms with van der Waals surface area (Å²) in [7, 11) is -3.17. The van der Waals surface area contributed by atoms with Crippen LogP contribution in [0.4, 0.5) is 0 Å². The number of hydrogen-bond acceptors (Lipinski definition) is 3. The van der Waals surface area contributed by atoms with Crippen LogP contribution in [0.3, 0.4) is 0 Å². The lowest BCUT2D eigenvalue weighted by molar-refractivity contribution is 0.556. The second kappa shape index (κ2) is 4.76. The molecule has 0 amide bonds. The van der Waals surface area contributed by atoms with Gasteiger partial charge in [-0.1, -0.05) is 12.8 Å². The van der Waals surface area contributed by atoms with Crippen LogP contribution in [0.5, 0.6) is 0 Å². The highest BCUT2D eigenvalue weighted by Gasteiger charge is 2.28. The van der Waals surface area contributed by atoms with Crippen molar-refractivity contribution in [2.24, 2.45) is 5.92 Å². The number of rotatable bonds is 4. The highest BCUT2D eigenvalue weighted by molar-refractivity contribution is 7.90. The van der Waals surface area contributed by atoms with Crippen molar-refractivity contribution in [3.8, 4) is 6.07 Å². The zero-order valence-electron chi connectivity index (χ0n) is 8.36. The quantitative estimate of drug-likeness (QED) is 0.762. The molecule has 14 heavy (non-hydrogen) atoms. The largest absolute Gasteiger partial charge is 0.214 e. The van der Waals surface area contributed by atoms with E-state index in [0.29, 0.717) is 0 Å². The number of sulfonamides is 1. The van der Waals surface area contributed by atoms with E-state index < -0.39 is 10.0 Å². The van der Waals surface area contributed by atoms with Gasteiger partial charge in [-0.25, -0.2) is 13.1 Å². The third-order valence-electron chi connectivity index (χ3n) is 2.55. The molecule has 0 aromatic carbocycles. The second-order valence-corrected chi connectivity index (χ2v) is 5.88. The molecule has 0 spiro atoms. The monoisotopic (exact) mass is 216 g/mol. The molecule has 4 nitrogen and oxygen atoms in total. The van der Waals surface area contributed by atoms with Crippen molar-refractivity contribution in [1.29, 1.82) is 5.26 Å². The van der Waals surface area contributed by atoms with E-state index >= 15 is 0 Å². The summed E-state index contributed by atoms with van der Waals surface area (Å²) in [4.78, 5) is 0. The third kappa shape index (κ3) is 2.96. The zero-order chi connectivity index (χ0) is 10.6. The predicted molar refractivity (Wildman–Crippen MR) is 54.0 cm³/mol. The summed E-state index contributed by atoms with van der Waals surface area (Å²) in [6.07, 6.45) is 3.52. The van der Waals surface area contributed by atoms with Gasteiger partial charge in [0, 0.05) is 6.54 Å². The first-order chi connectivity index (χ1) is 6.56. The van der Waals surface area contributed by atoms with E-state index in [1.807, 2.05) is 6.07 Å². The minimum atomic E-state index is -3.17. The molecule has 1 aliphatic rings. The Morgan fingerprint density at radius 2 is 2.07 bits per heavy atom. The van der Waals surface area contributed by atoms with Crippen molar-refractivity contribution in [2.75, 3.05) is 6.54 Å². The number of nitrogens with zero attached hydrogens (tertiary/aromatic N) is 1. The van der Waals surface area contributed by atoms with Gasteiger partial charge in [0.25, 0.3) is 0 Å². The molecule has 5 heteroatoms. The average Bonchev–Trinajstić information content (AvgIpc) is 2.67. The van der Waals surface area contributed by atoms with Crippen LogP contribution in [-0.4, -0.2) is 20.2 Å². The summed E-state index contributed by atoms with van der Waals surface area (Å²) in [6, 6.07) is 2.00. The van der Waals surface area contributed by atoms with E-state index in [9.17, 15) is 8.42 Å². The fourth-order valence-corrected chi connectivity index (χ4v) is 3.28. The Morgan fingerprint density at radius 1 is 1.50 bits per heavy atom. The molecule has 1 saturated carbocycles. The fraction of sp³-hybridized carbons (Fsp3) is 0.889. The van der Waals surface area contributed by atoms with Crippen LogP contribution >= 0.6 is 0 Å². The minimum Gasteiger partial charge on any atom is -0.214 e. The Labute approximate surface area is 85.4 Å². The maximum atomic E-state index is 11.6. The van der Waals surface area contributed by atoms with Gasteiger partial charge in [0.05, 0.1) is 17.2 Å². The van der Waals surface area contributed by atoms with Crippen LogP contribution in [0, 0.1) is 17.2 Å². The van der Waals surface area contributed by atoms with Crippen molar-refractivity contribution in [3.63, 3.8) is 0 Å². The lowest BCUT2D eigenvalue weighted by Crippen LogP contribution is -2.35. The van der Waals surface area contributed by atoms with Crippen LogP contribution in [-0.2, 0) is 10.0 Å². The molecule has 80 valence electrons. The Bertz CT molecular complexity index is 312. The van der Waals surface area contributed by atoms with Crippen LogP contribution in [0.1, 0.15) is 32.6 Å². The van der Waals surface area contributed by atoms with Crippen molar-refractivity contribution in [3.05, 3.63) is 0 Å². The van der Waals surface area contributed by atoms with Crippen LogP contribution in [0.15, 0.2) is 0 Å². The summed E-state index contributed by atoms with van der Waals surface area (Å²) in [5.74, 6) is -0.258. The van der Waals surface area contributed by atoms with Gasteiger partial charge >= 0.3 is 0 Å². The Morgan fingerprint density at radius 3 is 2.57 bits per heavy atom. The number of nitrogens with one attached hydrogen (secondary N) is 1. The number of hydrogen-bond donors (Lipinski definition) is 1. The molecule has 1 unspecified atom stereocenters. The minimum absolute atomic E-state index is 0.228. The first-order valence-electron chi connectivity index (χ1n) is 4.94. The topological polar surface area (TPSA) is 70.0 Å². The van der Waals surface area contributed by atoms with E-state index in [1.165, 1.54) is 0 Å². The first kappa shape index (κ1) is 11.5. The first-order valence-corrected chi connectivity index (χ1v) is 6.49. The van der Waals surface area contributed by atoms with E-state index in [-0.39, 0.29) is 17.7 Å². The highest BCUT2D eigenvalue weighted by atomic mass is 32.2. The Kier molecular flexibility index (Phi) is 3.90. The molecule has 0 radical (unpaired) electrons. The van der Waals surface area contributed by atoms with E-state index in [1.54, 1.807) is 6.92 Å². The van der Waals surface area contributed by atoms with Crippen LogP contribution in [0.2, 0.25) is 0 Å². The van der Waals surface area contributed by atoms with Crippen molar-refractivity contribution in [1.82, 2.24) is 4.72 Å². The number of nitriles is 1. The van der Waals surface area contributed by atoms with Gasteiger partial charge in [-0.3, -0.25) is 0 Å². The molecule has 0 aliphatic heterocycles. The molecule has 0 aromatic rings. The maximum Gasteiger partial charge on any atom is 0.214 e. The molecule has 1 N–H and O–H groups in total. The average molecular weight is 216 g/mol. The molecule has 0 bridgehead atoms. The lowest BCUT2D eigenvalue weighted by atomic mass is 10.2. The Hall–Kier alpha value is -0.600. The molecule has 0 heterocycles. The summed E-state index contributed by atoms with van der Waals surface area (Å²) in [5, 5.41) is 8.28. The van der Waals surface area contributed by atoms with Gasteiger partial charge in [-0.05, 0) is 19.8 Å². The van der Waals surface area contributed by atoms with Crippen LogP contribution < -0.4 is 4.72 Å². The molecule has 1 rings (SSSR count). The van der Waals surface area contributed by atoms with Gasteiger partial charge in [0.2, 0.25) is 10.0 Å². The standard InChI is InChI=1S/C9H16N2O2S/c1-8(6-10)7-11-14(12,13)9-4-2-3-5-9/h8-9,11H,2-5,7H2,1H3. The smallest absolute Gasteiger partial charge is 0.214 e. The van der Waals surface area contributed by atoms with Gasteiger partial charge < -0.3 is 0 Å². The summed E-state index contributed by atoms with van der Waals surface area (Å²) < 4.78 is 25.8. The second-order valence-electron chi connectivity index (χ2n) is 3.83. The Balaban J connectivity index is 2.46. The lowest BCUT2D eigenvalue weighted by Gasteiger charge is -2.12. The summed E-state index contributed by atoms with van der Waals surface area (Å²) in [5.41, 5.74) is 0. The molecule has 1 aliphatic carbocycles. The van der Waals surface area contributed by atoms with E-state index in [0.717, 1.165) is 25.7 Å². The predicted octanol–water partition coefficient (Wildman–Crippen LogP) is 1.01. The van der Waals surface area contributed by atoms with Crippen LogP contribution in [0.25, 0.3) is 0 Å². The zero-order valence-corrected chi connectivity index (χ0v) is 9.18. The molecule has 0 saturated heterocycles. The molecular weight excluding hydrogens is 200 g/mol. The van der Waals surface area contributed by atoms with Gasteiger partial charge in [0.1, 0.15) is 0 Å². The SMILES string of the molecule is CC(C#N)CNS(=O)(=O)C1CCCC1. The fourth-order valence-electron chi connectivity index (χ4n) is 1.60. The van der Waals surface area contributed by atoms with Gasteiger partial charge in [-0.15, -0.1) is 0 Å². The normalized spacial score (nSPS) is 20.6. The maximum absolute atomic E-state index is 11.6.